The molecule has 1 N–H and O–H groups in total. The maximum absolute atomic E-state index is 11.6. The van der Waals surface area contributed by atoms with Crippen LogP contribution in [0, 0.1) is 10.1 Å². The Morgan fingerprint density at radius 2 is 1.83 bits per heavy atom. The van der Waals surface area contributed by atoms with Gasteiger partial charge in [0.15, 0.2) is 0 Å². The van der Waals surface area contributed by atoms with E-state index in [0.29, 0.717) is 12.3 Å². The van der Waals surface area contributed by atoms with E-state index in [0.717, 1.165) is 24.7 Å². The van der Waals surface area contributed by atoms with Gasteiger partial charge >= 0.3 is 23.5 Å². The van der Waals surface area contributed by atoms with Crippen molar-refractivity contribution in [1.29, 1.82) is 0 Å². The number of nitro groups is 1. The van der Waals surface area contributed by atoms with Crippen LogP contribution in [-0.4, -0.2) is 40.2 Å². The van der Waals surface area contributed by atoms with Crippen LogP contribution in [0.3, 0.4) is 0 Å². The van der Waals surface area contributed by atoms with Crippen LogP contribution in [0.1, 0.15) is 32.8 Å². The van der Waals surface area contributed by atoms with Crippen molar-refractivity contribution in [3.8, 4) is 17.5 Å². The molecule has 0 atom stereocenters. The van der Waals surface area contributed by atoms with Crippen molar-refractivity contribution in [3.63, 3.8) is 0 Å². The molecule has 156 valence electrons. The van der Waals surface area contributed by atoms with Crippen LogP contribution in [0.15, 0.2) is 30.6 Å². The number of aryl methyl sites for hydroxylation is 1. The van der Waals surface area contributed by atoms with Crippen molar-refractivity contribution >= 4 is 11.8 Å². The number of hydrogen-bond donors (Lipinski definition) is 1. The lowest BCUT2D eigenvalue weighted by Gasteiger charge is -2.19. The second-order valence-electron chi connectivity index (χ2n) is 7.07. The molecule has 0 radical (unpaired) electrons. The number of carbonyl (C=O) groups excluding carboxylic acids is 1. The van der Waals surface area contributed by atoms with Crippen molar-refractivity contribution in [2.75, 3.05) is 13.7 Å². The zero-order valence-corrected chi connectivity index (χ0v) is 16.8. The highest BCUT2D eigenvalue weighted by molar-refractivity contribution is 5.67. The zero-order valence-electron chi connectivity index (χ0n) is 16.8. The van der Waals surface area contributed by atoms with Gasteiger partial charge in [0.25, 0.3) is 0 Å². The molecule has 0 unspecified atom stereocenters. The van der Waals surface area contributed by atoms with Gasteiger partial charge in [0.1, 0.15) is 17.7 Å². The highest BCUT2D eigenvalue weighted by atomic mass is 16.6. The van der Waals surface area contributed by atoms with Crippen molar-refractivity contribution in [1.82, 2.24) is 15.3 Å². The number of alkyl carbamates (subject to hydrolysis) is 1. The summed E-state index contributed by atoms with van der Waals surface area (Å²) in [5.41, 5.74) is 0.0632. The number of ether oxygens (including phenoxy) is 3. The van der Waals surface area contributed by atoms with E-state index in [2.05, 4.69) is 15.3 Å². The molecule has 1 aromatic heterocycles. The van der Waals surface area contributed by atoms with Crippen LogP contribution >= 0.6 is 0 Å². The van der Waals surface area contributed by atoms with E-state index >= 15 is 0 Å². The fourth-order valence-corrected chi connectivity index (χ4v) is 2.36. The van der Waals surface area contributed by atoms with Crippen LogP contribution in [-0.2, 0) is 11.2 Å². The van der Waals surface area contributed by atoms with E-state index in [1.807, 2.05) is 32.9 Å². The molecular weight excluding hydrogens is 380 g/mol. The third-order valence-electron chi connectivity index (χ3n) is 3.58. The van der Waals surface area contributed by atoms with Crippen molar-refractivity contribution in [2.45, 2.75) is 39.2 Å². The minimum absolute atomic E-state index is 0.172. The Bertz CT molecular complexity index is 849. The molecule has 1 heterocycles. The molecule has 1 aromatic carbocycles. The second-order valence-corrected chi connectivity index (χ2v) is 7.07. The van der Waals surface area contributed by atoms with Gasteiger partial charge in [0, 0.05) is 6.54 Å². The fraction of sp³-hybridized carbons (Fsp3) is 0.421. The minimum Gasteiger partial charge on any atom is -0.476 e. The summed E-state index contributed by atoms with van der Waals surface area (Å²) in [6.07, 6.45) is 2.15. The van der Waals surface area contributed by atoms with Gasteiger partial charge in [-0.25, -0.2) is 4.79 Å². The van der Waals surface area contributed by atoms with Gasteiger partial charge in [-0.05, 0) is 51.3 Å². The van der Waals surface area contributed by atoms with Gasteiger partial charge < -0.3 is 19.5 Å². The molecule has 0 aliphatic rings. The SMILES string of the molecule is COc1ncnc(Oc2ccc(CCCNC(=O)OC(C)(C)C)cc2)c1[N+](=O)[O-]. The van der Waals surface area contributed by atoms with Crippen molar-refractivity contribution in [2.24, 2.45) is 0 Å². The number of rotatable bonds is 8. The molecule has 0 spiro atoms. The Morgan fingerprint density at radius 3 is 2.41 bits per heavy atom. The lowest BCUT2D eigenvalue weighted by atomic mass is 10.1. The predicted octanol–water partition coefficient (Wildman–Crippen LogP) is 3.64. The quantitative estimate of drug-likeness (QED) is 0.401. The highest BCUT2D eigenvalue weighted by Crippen LogP contribution is 2.35. The molecule has 1 amide bonds. The zero-order chi connectivity index (χ0) is 21.4. The molecule has 0 aliphatic carbocycles. The number of hydrogen-bond acceptors (Lipinski definition) is 8. The largest absolute Gasteiger partial charge is 0.476 e. The first-order chi connectivity index (χ1) is 13.7. The summed E-state index contributed by atoms with van der Waals surface area (Å²) in [7, 11) is 1.28. The number of aromatic nitrogens is 2. The summed E-state index contributed by atoms with van der Waals surface area (Å²) in [5, 5.41) is 13.9. The van der Waals surface area contributed by atoms with Crippen LogP contribution < -0.4 is 14.8 Å². The van der Waals surface area contributed by atoms with E-state index in [9.17, 15) is 14.9 Å². The topological polar surface area (TPSA) is 126 Å². The lowest BCUT2D eigenvalue weighted by Crippen LogP contribution is -2.33. The highest BCUT2D eigenvalue weighted by Gasteiger charge is 2.25. The van der Waals surface area contributed by atoms with Gasteiger partial charge in [-0.15, -0.1) is 0 Å². The number of nitrogens with one attached hydrogen (secondary N) is 1. The first kappa shape index (κ1) is 21.9. The third kappa shape index (κ3) is 6.91. The van der Waals surface area contributed by atoms with E-state index in [4.69, 9.17) is 14.2 Å². The molecule has 0 saturated carbocycles. The minimum atomic E-state index is -0.653. The second kappa shape index (κ2) is 9.67. The number of carbonyl (C=O) groups is 1. The van der Waals surface area contributed by atoms with Gasteiger partial charge in [-0.3, -0.25) is 10.1 Å². The normalized spacial score (nSPS) is 10.9. The van der Waals surface area contributed by atoms with Gasteiger partial charge in [-0.1, -0.05) is 12.1 Å². The molecule has 0 fully saturated rings. The molecule has 10 heteroatoms. The van der Waals surface area contributed by atoms with Gasteiger partial charge in [-0.2, -0.15) is 9.97 Å². The molecular formula is C19H24N4O6. The Kier molecular flexibility index (Phi) is 7.29. The molecule has 2 rings (SSSR count). The summed E-state index contributed by atoms with van der Waals surface area (Å²) in [4.78, 5) is 29.7. The number of benzene rings is 1. The first-order valence-corrected chi connectivity index (χ1v) is 8.96. The summed E-state index contributed by atoms with van der Waals surface area (Å²) in [5.74, 6) is 0.0229. The van der Waals surface area contributed by atoms with E-state index in [-0.39, 0.29) is 11.8 Å². The van der Waals surface area contributed by atoms with E-state index in [1.165, 1.54) is 7.11 Å². The molecule has 0 saturated heterocycles. The molecule has 2 aromatic rings. The Labute approximate surface area is 168 Å². The summed E-state index contributed by atoms with van der Waals surface area (Å²) in [6, 6.07) is 7.06. The number of nitrogens with zero attached hydrogens (tertiary/aromatic N) is 3. The predicted molar refractivity (Wildman–Crippen MR) is 104 cm³/mol. The Balaban J connectivity index is 1.90. The van der Waals surface area contributed by atoms with Crippen LogP contribution in [0.25, 0.3) is 0 Å². The fourth-order valence-electron chi connectivity index (χ4n) is 2.36. The number of amides is 1. The summed E-state index contributed by atoms with van der Waals surface area (Å²) >= 11 is 0. The maximum Gasteiger partial charge on any atom is 0.407 e. The van der Waals surface area contributed by atoms with Crippen molar-refractivity contribution in [3.05, 3.63) is 46.3 Å². The first-order valence-electron chi connectivity index (χ1n) is 8.96. The third-order valence-corrected chi connectivity index (χ3v) is 3.58. The van der Waals surface area contributed by atoms with Gasteiger partial charge in [0.05, 0.1) is 12.0 Å². The molecule has 0 bridgehead atoms. The Hall–Kier alpha value is -3.43. The van der Waals surface area contributed by atoms with Crippen LogP contribution in [0.5, 0.6) is 17.5 Å². The average Bonchev–Trinajstić information content (AvgIpc) is 2.64. The number of methoxy groups -OCH3 is 1. The van der Waals surface area contributed by atoms with Crippen molar-refractivity contribution < 1.29 is 23.9 Å². The molecule has 29 heavy (non-hydrogen) atoms. The average molecular weight is 404 g/mol. The lowest BCUT2D eigenvalue weighted by molar-refractivity contribution is -0.387. The standard InChI is InChI=1S/C19H24N4O6/c1-19(2,3)29-18(24)20-11-5-6-13-7-9-14(10-8-13)28-17-15(23(25)26)16(27-4)21-12-22-17/h7-10,12H,5-6,11H2,1-4H3,(H,20,24). The monoisotopic (exact) mass is 404 g/mol. The smallest absolute Gasteiger partial charge is 0.407 e. The molecule has 10 nitrogen and oxygen atoms in total. The van der Waals surface area contributed by atoms with Crippen LogP contribution in [0.4, 0.5) is 10.5 Å². The summed E-state index contributed by atoms with van der Waals surface area (Å²) < 4.78 is 15.6. The van der Waals surface area contributed by atoms with E-state index < -0.39 is 22.3 Å². The maximum atomic E-state index is 11.6. The van der Waals surface area contributed by atoms with Crippen LogP contribution in [0.2, 0.25) is 0 Å². The van der Waals surface area contributed by atoms with E-state index in [1.54, 1.807) is 12.1 Å². The summed E-state index contributed by atoms with van der Waals surface area (Å²) in [6.45, 7) is 5.91. The molecule has 0 aliphatic heterocycles. The van der Waals surface area contributed by atoms with Gasteiger partial charge in [0.2, 0.25) is 0 Å². The Morgan fingerprint density at radius 1 is 1.17 bits per heavy atom.